The summed E-state index contributed by atoms with van der Waals surface area (Å²) < 4.78 is 3.54. The maximum Gasteiger partial charge on any atom is 0.270 e. The fourth-order valence-electron chi connectivity index (χ4n) is 2.97. The van der Waals surface area contributed by atoms with Gasteiger partial charge < -0.3 is 9.47 Å². The van der Waals surface area contributed by atoms with Gasteiger partial charge in [0.25, 0.3) is 5.91 Å². The molecular formula is C15H18Cl2N4O. The highest BCUT2D eigenvalue weighted by Crippen LogP contribution is 2.28. The summed E-state index contributed by atoms with van der Waals surface area (Å²) in [4.78, 5) is 14.7. The number of likely N-dealkylation sites (tertiary alicyclic amines) is 1. The lowest BCUT2D eigenvalue weighted by Gasteiger charge is -2.25. The van der Waals surface area contributed by atoms with E-state index in [0.29, 0.717) is 22.4 Å². The second-order valence-electron chi connectivity index (χ2n) is 5.76. The lowest BCUT2D eigenvalue weighted by molar-refractivity contribution is 0.0712. The molecular weight excluding hydrogens is 323 g/mol. The number of carbonyl (C=O) groups excluding carboxylic acids is 1. The van der Waals surface area contributed by atoms with E-state index in [1.165, 1.54) is 0 Å². The van der Waals surface area contributed by atoms with Gasteiger partial charge in [0.2, 0.25) is 0 Å². The number of aromatic nitrogens is 3. The van der Waals surface area contributed by atoms with Crippen LogP contribution in [0.4, 0.5) is 0 Å². The lowest BCUT2D eigenvalue weighted by Crippen LogP contribution is -2.39. The monoisotopic (exact) mass is 340 g/mol. The molecule has 0 bridgehead atoms. The smallest absolute Gasteiger partial charge is 0.270 e. The predicted molar refractivity (Wildman–Crippen MR) is 86.5 cm³/mol. The molecule has 22 heavy (non-hydrogen) atoms. The second kappa shape index (κ2) is 5.97. The zero-order chi connectivity index (χ0) is 15.9. The summed E-state index contributed by atoms with van der Waals surface area (Å²) in [6.45, 7) is 3.48. The van der Waals surface area contributed by atoms with Gasteiger partial charge in [-0.15, -0.1) is 0 Å². The van der Waals surface area contributed by atoms with Crippen molar-refractivity contribution in [1.29, 1.82) is 0 Å². The van der Waals surface area contributed by atoms with Crippen molar-refractivity contribution in [1.82, 2.24) is 19.2 Å². The zero-order valence-corrected chi connectivity index (χ0v) is 14.1. The summed E-state index contributed by atoms with van der Waals surface area (Å²) in [6, 6.07) is 1.79. The van der Waals surface area contributed by atoms with Gasteiger partial charge in [-0.05, 0) is 31.4 Å². The van der Waals surface area contributed by atoms with Gasteiger partial charge in [-0.25, -0.2) is 0 Å². The van der Waals surface area contributed by atoms with Gasteiger partial charge in [0, 0.05) is 19.8 Å². The number of nitrogens with zero attached hydrogens (tertiary/aromatic N) is 4. The van der Waals surface area contributed by atoms with Crippen LogP contribution >= 0.6 is 23.2 Å². The van der Waals surface area contributed by atoms with E-state index in [1.807, 2.05) is 28.9 Å². The van der Waals surface area contributed by atoms with Crippen molar-refractivity contribution >= 4 is 29.1 Å². The van der Waals surface area contributed by atoms with Gasteiger partial charge in [0.05, 0.1) is 23.8 Å². The van der Waals surface area contributed by atoms with Gasteiger partial charge in [-0.2, -0.15) is 5.10 Å². The first-order valence-corrected chi connectivity index (χ1v) is 8.03. The Hall–Kier alpha value is -1.46. The van der Waals surface area contributed by atoms with E-state index >= 15 is 0 Å². The van der Waals surface area contributed by atoms with E-state index in [4.69, 9.17) is 23.2 Å². The fraction of sp³-hybridized carbons (Fsp3) is 0.467. The molecule has 5 nitrogen and oxygen atoms in total. The van der Waals surface area contributed by atoms with Crippen LogP contribution in [-0.2, 0) is 13.6 Å². The van der Waals surface area contributed by atoms with E-state index in [9.17, 15) is 4.79 Å². The Morgan fingerprint density at radius 3 is 2.82 bits per heavy atom. The van der Waals surface area contributed by atoms with Crippen LogP contribution in [0.3, 0.4) is 0 Å². The highest BCUT2D eigenvalue weighted by molar-refractivity contribution is 6.41. The molecule has 0 aromatic carbocycles. The van der Waals surface area contributed by atoms with Gasteiger partial charge in [0.15, 0.2) is 0 Å². The number of amides is 1. The molecule has 1 aliphatic rings. The molecule has 0 N–H and O–H groups in total. The summed E-state index contributed by atoms with van der Waals surface area (Å²) in [5, 5.41) is 5.11. The standard InChI is InChI=1S/C15H18Cl2N4O/c1-10-7-18-20(8-10)9-11-4-3-5-21(11)15(22)13-6-12(16)14(17)19(13)2/h6-8,11H,3-5,9H2,1-2H3/t11-/m0/s1. The summed E-state index contributed by atoms with van der Waals surface area (Å²) in [6.07, 6.45) is 5.81. The van der Waals surface area contributed by atoms with Crippen LogP contribution in [0.15, 0.2) is 18.5 Å². The van der Waals surface area contributed by atoms with Gasteiger partial charge >= 0.3 is 0 Å². The Labute approximate surface area is 139 Å². The number of aryl methyl sites for hydroxylation is 1. The first-order chi connectivity index (χ1) is 10.5. The molecule has 1 fully saturated rings. The fourth-order valence-corrected chi connectivity index (χ4v) is 3.35. The molecule has 0 unspecified atom stereocenters. The van der Waals surface area contributed by atoms with Crippen molar-refractivity contribution in [2.24, 2.45) is 7.05 Å². The Balaban J connectivity index is 1.80. The normalized spacial score (nSPS) is 18.2. The molecule has 1 aliphatic heterocycles. The van der Waals surface area contributed by atoms with Crippen LogP contribution in [0.2, 0.25) is 10.2 Å². The Morgan fingerprint density at radius 1 is 1.45 bits per heavy atom. The lowest BCUT2D eigenvalue weighted by atomic mass is 10.2. The van der Waals surface area contributed by atoms with Gasteiger partial charge in [-0.1, -0.05) is 23.2 Å². The second-order valence-corrected chi connectivity index (χ2v) is 6.53. The Morgan fingerprint density at radius 2 is 2.23 bits per heavy atom. The van der Waals surface area contributed by atoms with E-state index in [1.54, 1.807) is 17.7 Å². The molecule has 0 aliphatic carbocycles. The van der Waals surface area contributed by atoms with Crippen molar-refractivity contribution in [2.75, 3.05) is 6.54 Å². The third-order valence-electron chi connectivity index (χ3n) is 4.13. The van der Waals surface area contributed by atoms with Crippen molar-refractivity contribution in [3.8, 4) is 0 Å². The molecule has 2 aromatic heterocycles. The van der Waals surface area contributed by atoms with Crippen molar-refractivity contribution < 1.29 is 4.79 Å². The summed E-state index contributed by atoms with van der Waals surface area (Å²) >= 11 is 12.1. The first-order valence-electron chi connectivity index (χ1n) is 7.28. The molecule has 1 saturated heterocycles. The summed E-state index contributed by atoms with van der Waals surface area (Å²) in [5.41, 5.74) is 1.65. The predicted octanol–water partition coefficient (Wildman–Crippen LogP) is 3.14. The van der Waals surface area contributed by atoms with Gasteiger partial charge in [0.1, 0.15) is 10.8 Å². The van der Waals surface area contributed by atoms with Crippen LogP contribution < -0.4 is 0 Å². The van der Waals surface area contributed by atoms with E-state index in [0.717, 1.165) is 24.9 Å². The average Bonchev–Trinajstić information content (AvgIpc) is 3.16. The number of hydrogen-bond donors (Lipinski definition) is 0. The Kier molecular flexibility index (Phi) is 4.19. The molecule has 2 aromatic rings. The minimum Gasteiger partial charge on any atom is -0.333 e. The minimum atomic E-state index is -0.0253. The largest absolute Gasteiger partial charge is 0.333 e. The molecule has 3 rings (SSSR count). The molecule has 1 atom stereocenters. The SMILES string of the molecule is Cc1cnn(C[C@@H]2CCCN2C(=O)c2cc(Cl)c(Cl)n2C)c1. The average molecular weight is 341 g/mol. The zero-order valence-electron chi connectivity index (χ0n) is 12.6. The van der Waals surface area contributed by atoms with Crippen LogP contribution in [0.1, 0.15) is 28.9 Å². The van der Waals surface area contributed by atoms with Crippen LogP contribution in [0.5, 0.6) is 0 Å². The maximum atomic E-state index is 12.8. The van der Waals surface area contributed by atoms with Crippen molar-refractivity contribution in [2.45, 2.75) is 32.4 Å². The quantitative estimate of drug-likeness (QED) is 0.861. The third-order valence-corrected chi connectivity index (χ3v) is 4.98. The molecule has 1 amide bonds. The molecule has 0 saturated carbocycles. The highest BCUT2D eigenvalue weighted by atomic mass is 35.5. The molecule has 118 valence electrons. The highest BCUT2D eigenvalue weighted by Gasteiger charge is 2.31. The van der Waals surface area contributed by atoms with Crippen LogP contribution in [-0.4, -0.2) is 37.7 Å². The van der Waals surface area contributed by atoms with E-state index < -0.39 is 0 Å². The number of carbonyl (C=O) groups is 1. The number of hydrogen-bond acceptors (Lipinski definition) is 2. The van der Waals surface area contributed by atoms with E-state index in [-0.39, 0.29) is 11.9 Å². The number of halogens is 2. The molecule has 3 heterocycles. The van der Waals surface area contributed by atoms with Crippen LogP contribution in [0.25, 0.3) is 0 Å². The van der Waals surface area contributed by atoms with Gasteiger partial charge in [-0.3, -0.25) is 9.48 Å². The maximum absolute atomic E-state index is 12.8. The van der Waals surface area contributed by atoms with Crippen molar-refractivity contribution in [3.63, 3.8) is 0 Å². The number of rotatable bonds is 3. The van der Waals surface area contributed by atoms with E-state index in [2.05, 4.69) is 5.10 Å². The summed E-state index contributed by atoms with van der Waals surface area (Å²) in [5.74, 6) is -0.0253. The summed E-state index contributed by atoms with van der Waals surface area (Å²) in [7, 11) is 1.75. The Bertz CT molecular complexity index is 706. The first kappa shape index (κ1) is 15.4. The molecule has 7 heteroatoms. The molecule has 0 radical (unpaired) electrons. The molecule has 0 spiro atoms. The topological polar surface area (TPSA) is 43.1 Å². The minimum absolute atomic E-state index is 0.0253. The third kappa shape index (κ3) is 2.75. The van der Waals surface area contributed by atoms with Crippen molar-refractivity contribution in [3.05, 3.63) is 39.9 Å². The van der Waals surface area contributed by atoms with Crippen LogP contribution in [0, 0.1) is 6.92 Å².